The predicted molar refractivity (Wildman–Crippen MR) is 90.4 cm³/mol. The van der Waals surface area contributed by atoms with E-state index in [-0.39, 0.29) is 5.92 Å². The Balaban J connectivity index is 3.19. The van der Waals surface area contributed by atoms with Crippen LogP contribution in [0.2, 0.25) is 0 Å². The van der Waals surface area contributed by atoms with Crippen LogP contribution >= 0.6 is 0 Å². The van der Waals surface area contributed by atoms with Gasteiger partial charge in [0.2, 0.25) is 0 Å². The number of carbonyl (C=O) groups is 2. The van der Waals surface area contributed by atoms with Gasteiger partial charge in [0.05, 0.1) is 0 Å². The van der Waals surface area contributed by atoms with Crippen LogP contribution in [0.3, 0.4) is 0 Å². The molecule has 1 rings (SSSR count). The quantitative estimate of drug-likeness (QED) is 0.350. The minimum Gasteiger partial charge on any atom is -0.283 e. The number of ketones is 1. The van der Waals surface area contributed by atoms with Gasteiger partial charge in [0.15, 0.2) is 0 Å². The lowest BCUT2D eigenvalue weighted by molar-refractivity contribution is -0.125. The van der Waals surface area contributed by atoms with Gasteiger partial charge in [-0.05, 0) is 36.8 Å². The summed E-state index contributed by atoms with van der Waals surface area (Å²) in [5.41, 5.74) is 3.52. The molecule has 1 amide bonds. The third-order valence-corrected chi connectivity index (χ3v) is 3.46. The van der Waals surface area contributed by atoms with E-state index >= 15 is 0 Å². The molecule has 0 bridgehead atoms. The summed E-state index contributed by atoms with van der Waals surface area (Å²) in [5, 5.41) is 5.16. The molecule has 0 fully saturated rings. The molecule has 0 N–H and O–H groups in total. The highest BCUT2D eigenvalue weighted by molar-refractivity contribution is 6.43. The maximum absolute atomic E-state index is 12.6. The van der Waals surface area contributed by atoms with E-state index in [1.165, 1.54) is 7.05 Å². The average Bonchev–Trinajstić information content (AvgIpc) is 2.49. The summed E-state index contributed by atoms with van der Waals surface area (Å²) in [5.74, 6) is -0.843. The van der Waals surface area contributed by atoms with Crippen LogP contribution in [-0.4, -0.2) is 30.0 Å². The van der Waals surface area contributed by atoms with E-state index in [0.717, 1.165) is 34.5 Å². The molecule has 1 aromatic rings. The minimum atomic E-state index is -0.592. The molecular formula is C18H26N2O2. The second-order valence-corrected chi connectivity index (χ2v) is 5.83. The highest BCUT2D eigenvalue weighted by Crippen LogP contribution is 2.20. The molecule has 0 saturated heterocycles. The van der Waals surface area contributed by atoms with Crippen molar-refractivity contribution in [2.75, 3.05) is 7.05 Å². The molecule has 4 heteroatoms. The van der Waals surface area contributed by atoms with Crippen LogP contribution in [0.5, 0.6) is 0 Å². The van der Waals surface area contributed by atoms with Crippen LogP contribution < -0.4 is 0 Å². The van der Waals surface area contributed by atoms with E-state index in [0.29, 0.717) is 5.56 Å². The Kier molecular flexibility index (Phi) is 6.47. The summed E-state index contributed by atoms with van der Waals surface area (Å²) in [6.07, 6.45) is 3.10. The van der Waals surface area contributed by atoms with Crippen LogP contribution in [0.4, 0.5) is 0 Å². The number of Topliss-reactive ketones (excluding diaryl/α,β-unsaturated/α-hetero) is 1. The van der Waals surface area contributed by atoms with Crippen molar-refractivity contribution >= 4 is 17.9 Å². The second-order valence-electron chi connectivity index (χ2n) is 5.83. The molecule has 0 aliphatic carbocycles. The molecule has 0 atom stereocenters. The Hall–Kier alpha value is -1.97. The summed E-state index contributed by atoms with van der Waals surface area (Å²) >= 11 is 0. The molecular weight excluding hydrogens is 276 g/mol. The fraction of sp³-hybridized carbons (Fsp3) is 0.500. The Morgan fingerprint density at radius 3 is 2.09 bits per heavy atom. The zero-order valence-electron chi connectivity index (χ0n) is 14.4. The van der Waals surface area contributed by atoms with Crippen molar-refractivity contribution in [1.82, 2.24) is 5.01 Å². The molecule has 120 valence electrons. The molecule has 0 aliphatic heterocycles. The van der Waals surface area contributed by atoms with E-state index in [4.69, 9.17) is 0 Å². The molecule has 0 radical (unpaired) electrons. The number of hydrazone groups is 1. The number of carbonyl (C=O) groups excluding carboxylic acids is 2. The monoisotopic (exact) mass is 302 g/mol. The largest absolute Gasteiger partial charge is 0.314 e. The molecule has 0 aliphatic rings. The van der Waals surface area contributed by atoms with E-state index in [2.05, 4.69) is 5.10 Å². The number of amides is 1. The first-order valence-corrected chi connectivity index (χ1v) is 7.80. The topological polar surface area (TPSA) is 49.7 Å². The molecule has 0 spiro atoms. The number of nitrogens with zero attached hydrogens (tertiary/aromatic N) is 2. The predicted octanol–water partition coefficient (Wildman–Crippen LogP) is 3.40. The molecule has 0 aromatic heterocycles. The van der Waals surface area contributed by atoms with E-state index < -0.39 is 11.7 Å². The number of likely N-dealkylation sites (N-methyl/N-ethyl adjacent to an activating group) is 1. The Morgan fingerprint density at radius 2 is 1.68 bits per heavy atom. The van der Waals surface area contributed by atoms with Crippen LogP contribution in [-0.2, 0) is 17.6 Å². The second kappa shape index (κ2) is 7.87. The zero-order chi connectivity index (χ0) is 16.9. The summed E-state index contributed by atoms with van der Waals surface area (Å²) in [4.78, 5) is 25.0. The van der Waals surface area contributed by atoms with Gasteiger partial charge in [0.25, 0.3) is 5.78 Å². The van der Waals surface area contributed by atoms with Crippen LogP contribution in [0.1, 0.15) is 54.7 Å². The highest BCUT2D eigenvalue weighted by Gasteiger charge is 2.25. The molecule has 0 saturated carbocycles. The van der Waals surface area contributed by atoms with Gasteiger partial charge < -0.3 is 0 Å². The fourth-order valence-electron chi connectivity index (χ4n) is 2.33. The minimum absolute atomic E-state index is 0.224. The van der Waals surface area contributed by atoms with E-state index in [9.17, 15) is 9.59 Å². The van der Waals surface area contributed by atoms with Gasteiger partial charge >= 0.3 is 5.91 Å². The Bertz CT molecular complexity index is 564. The van der Waals surface area contributed by atoms with Crippen molar-refractivity contribution in [2.45, 2.75) is 47.5 Å². The normalized spacial score (nSPS) is 11.2. The third kappa shape index (κ3) is 4.26. The molecule has 0 heterocycles. The summed E-state index contributed by atoms with van der Waals surface area (Å²) in [6, 6.07) is 3.97. The number of aryl methyl sites for hydroxylation is 3. The first-order valence-electron chi connectivity index (χ1n) is 7.80. The SMILES string of the molecule is CCc1cc(C)cc(CC)c1C(=O)C(=O)N(C)/N=C/C(C)C. The third-order valence-electron chi connectivity index (χ3n) is 3.46. The lowest BCUT2D eigenvalue weighted by Crippen LogP contribution is -2.31. The number of hydrogen-bond acceptors (Lipinski definition) is 3. The summed E-state index contributed by atoms with van der Waals surface area (Å²) < 4.78 is 0. The fourth-order valence-corrected chi connectivity index (χ4v) is 2.33. The van der Waals surface area contributed by atoms with Gasteiger partial charge in [-0.15, -0.1) is 0 Å². The molecule has 0 unspecified atom stereocenters. The molecule has 1 aromatic carbocycles. The van der Waals surface area contributed by atoms with Gasteiger partial charge in [-0.2, -0.15) is 5.10 Å². The number of benzene rings is 1. The van der Waals surface area contributed by atoms with Crippen molar-refractivity contribution in [1.29, 1.82) is 0 Å². The molecule has 4 nitrogen and oxygen atoms in total. The van der Waals surface area contributed by atoms with Crippen molar-refractivity contribution in [3.05, 3.63) is 34.4 Å². The van der Waals surface area contributed by atoms with E-state index in [1.54, 1.807) is 6.21 Å². The van der Waals surface area contributed by atoms with Gasteiger partial charge in [0, 0.05) is 18.8 Å². The smallest absolute Gasteiger partial charge is 0.283 e. The van der Waals surface area contributed by atoms with Gasteiger partial charge in [-0.3, -0.25) is 9.59 Å². The number of rotatable bonds is 6. The lowest BCUT2D eigenvalue weighted by atomic mass is 9.92. The van der Waals surface area contributed by atoms with Gasteiger partial charge in [-0.1, -0.05) is 45.4 Å². The highest BCUT2D eigenvalue weighted by atomic mass is 16.2. The zero-order valence-corrected chi connectivity index (χ0v) is 14.4. The Morgan fingerprint density at radius 1 is 1.18 bits per heavy atom. The first-order chi connectivity index (χ1) is 10.3. The van der Waals surface area contributed by atoms with Crippen molar-refractivity contribution in [3.8, 4) is 0 Å². The summed E-state index contributed by atoms with van der Waals surface area (Å²) in [7, 11) is 1.52. The average molecular weight is 302 g/mol. The first kappa shape index (κ1) is 18.1. The van der Waals surface area contributed by atoms with Crippen molar-refractivity contribution in [3.63, 3.8) is 0 Å². The van der Waals surface area contributed by atoms with Gasteiger partial charge in [-0.25, -0.2) is 5.01 Å². The maximum Gasteiger partial charge on any atom is 0.314 e. The maximum atomic E-state index is 12.6. The Labute approximate surface area is 133 Å². The van der Waals surface area contributed by atoms with E-state index in [1.807, 2.05) is 46.8 Å². The van der Waals surface area contributed by atoms with Gasteiger partial charge in [0.1, 0.15) is 0 Å². The van der Waals surface area contributed by atoms with Crippen LogP contribution in [0, 0.1) is 12.8 Å². The molecule has 22 heavy (non-hydrogen) atoms. The van der Waals surface area contributed by atoms with Crippen molar-refractivity contribution in [2.24, 2.45) is 11.0 Å². The summed E-state index contributed by atoms with van der Waals surface area (Å²) in [6.45, 7) is 9.93. The standard InChI is InChI=1S/C18H26N2O2/c1-7-14-9-13(5)10-15(8-2)16(14)17(21)18(22)20(6)19-11-12(3)4/h9-12H,7-8H2,1-6H3/b19-11+. The number of hydrogen-bond donors (Lipinski definition) is 0. The van der Waals surface area contributed by atoms with Crippen LogP contribution in [0.25, 0.3) is 0 Å². The van der Waals surface area contributed by atoms with Crippen molar-refractivity contribution < 1.29 is 9.59 Å². The van der Waals surface area contributed by atoms with Crippen LogP contribution in [0.15, 0.2) is 17.2 Å². The lowest BCUT2D eigenvalue weighted by Gasteiger charge is -2.16.